The molecule has 1 aliphatic carbocycles. The fourth-order valence-corrected chi connectivity index (χ4v) is 6.00. The zero-order valence-corrected chi connectivity index (χ0v) is 22.5. The van der Waals surface area contributed by atoms with Crippen LogP contribution >= 0.6 is 0 Å². The monoisotopic (exact) mass is 487 g/mol. The first kappa shape index (κ1) is 26.9. The first-order chi connectivity index (χ1) is 17.7. The summed E-state index contributed by atoms with van der Waals surface area (Å²) in [5, 5.41) is 9.85. The van der Waals surface area contributed by atoms with Gasteiger partial charge in [-0.3, -0.25) is 0 Å². The van der Waals surface area contributed by atoms with Crippen molar-refractivity contribution in [2.75, 3.05) is 13.2 Å². The van der Waals surface area contributed by atoms with Gasteiger partial charge in [-0.2, -0.15) is 5.26 Å². The van der Waals surface area contributed by atoms with E-state index in [1.165, 1.54) is 61.6 Å². The highest BCUT2D eigenvalue weighted by Crippen LogP contribution is 2.46. The fourth-order valence-electron chi connectivity index (χ4n) is 6.00. The molecule has 0 radical (unpaired) electrons. The van der Waals surface area contributed by atoms with Crippen LogP contribution in [-0.4, -0.2) is 13.2 Å². The van der Waals surface area contributed by atoms with Gasteiger partial charge in [0, 0.05) is 11.5 Å². The summed E-state index contributed by atoms with van der Waals surface area (Å²) < 4.78 is 12.1. The summed E-state index contributed by atoms with van der Waals surface area (Å²) in [6, 6.07) is 20.5. The first-order valence-electron chi connectivity index (χ1n) is 14.5. The molecule has 0 bridgehead atoms. The van der Waals surface area contributed by atoms with E-state index in [2.05, 4.69) is 68.4 Å². The van der Waals surface area contributed by atoms with Crippen molar-refractivity contribution in [3.05, 3.63) is 59.7 Å². The number of hydrogen-bond acceptors (Lipinski definition) is 3. The fraction of sp³-hybridized carbons (Fsp3) is 0.606. The van der Waals surface area contributed by atoms with E-state index in [1.807, 2.05) is 0 Å². The van der Waals surface area contributed by atoms with Crippen LogP contribution in [-0.2, 0) is 9.47 Å². The van der Waals surface area contributed by atoms with Gasteiger partial charge in [0.2, 0.25) is 0 Å². The van der Waals surface area contributed by atoms with Crippen molar-refractivity contribution in [1.82, 2.24) is 0 Å². The standard InChI is InChI=1S/C33H45NO2/c1-3-5-7-9-26-23-35-32(36-24-26)31-16-14-28(15-17-31)27-10-12-29(13-11-27)30-18-21-33(25-34,22-19-30)20-8-6-4-2/h10-17,26,30,32H,3-9,18-24H2,1-2H3. The zero-order chi connectivity index (χ0) is 25.2. The highest BCUT2D eigenvalue weighted by atomic mass is 16.7. The second kappa shape index (κ2) is 13.4. The molecule has 3 nitrogen and oxygen atoms in total. The molecular formula is C33H45NO2. The number of hydrogen-bond donors (Lipinski definition) is 0. The summed E-state index contributed by atoms with van der Waals surface area (Å²) in [7, 11) is 0. The minimum atomic E-state index is -0.238. The van der Waals surface area contributed by atoms with Gasteiger partial charge < -0.3 is 9.47 Å². The zero-order valence-electron chi connectivity index (χ0n) is 22.5. The quantitative estimate of drug-likeness (QED) is 0.296. The van der Waals surface area contributed by atoms with Crippen LogP contribution < -0.4 is 0 Å². The maximum atomic E-state index is 9.85. The number of benzene rings is 2. The van der Waals surface area contributed by atoms with E-state index in [4.69, 9.17) is 9.47 Å². The average Bonchev–Trinajstić information content (AvgIpc) is 2.94. The van der Waals surface area contributed by atoms with E-state index in [-0.39, 0.29) is 11.7 Å². The number of unbranched alkanes of at least 4 members (excludes halogenated alkanes) is 4. The summed E-state index contributed by atoms with van der Waals surface area (Å²) in [5.74, 6) is 1.12. The van der Waals surface area contributed by atoms with Crippen molar-refractivity contribution in [3.8, 4) is 17.2 Å². The molecule has 1 aliphatic heterocycles. The van der Waals surface area contributed by atoms with Gasteiger partial charge in [0.25, 0.3) is 0 Å². The van der Waals surface area contributed by atoms with Crippen LogP contribution in [0.15, 0.2) is 48.5 Å². The molecule has 1 saturated heterocycles. The Morgan fingerprint density at radius 1 is 0.778 bits per heavy atom. The Labute approximate surface area is 219 Å². The Hall–Kier alpha value is -2.15. The molecule has 2 aliphatic rings. The number of nitrogens with zero attached hydrogens (tertiary/aromatic N) is 1. The minimum absolute atomic E-state index is 0.0743. The van der Waals surface area contributed by atoms with Crippen molar-refractivity contribution in [2.24, 2.45) is 11.3 Å². The molecular weight excluding hydrogens is 442 g/mol. The summed E-state index contributed by atoms with van der Waals surface area (Å²) >= 11 is 0. The maximum absolute atomic E-state index is 9.85. The first-order valence-corrected chi connectivity index (χ1v) is 14.5. The normalized spacial score (nSPS) is 26.4. The highest BCUT2D eigenvalue weighted by Gasteiger charge is 2.35. The molecule has 1 heterocycles. The van der Waals surface area contributed by atoms with E-state index < -0.39 is 0 Å². The molecule has 0 unspecified atom stereocenters. The van der Waals surface area contributed by atoms with E-state index in [0.717, 1.165) is 50.9 Å². The lowest BCUT2D eigenvalue weighted by atomic mass is 9.67. The highest BCUT2D eigenvalue weighted by molar-refractivity contribution is 5.64. The van der Waals surface area contributed by atoms with Gasteiger partial charge in [-0.15, -0.1) is 0 Å². The lowest BCUT2D eigenvalue weighted by Crippen LogP contribution is -2.27. The van der Waals surface area contributed by atoms with Crippen molar-refractivity contribution < 1.29 is 9.47 Å². The average molecular weight is 488 g/mol. The summed E-state index contributed by atoms with van der Waals surface area (Å²) in [4.78, 5) is 0. The van der Waals surface area contributed by atoms with Crippen molar-refractivity contribution in [3.63, 3.8) is 0 Å². The molecule has 2 aromatic carbocycles. The van der Waals surface area contributed by atoms with Crippen molar-refractivity contribution >= 4 is 0 Å². The number of nitriles is 1. The van der Waals surface area contributed by atoms with Crippen LogP contribution in [0.5, 0.6) is 0 Å². The van der Waals surface area contributed by atoms with Crippen LogP contribution in [0.25, 0.3) is 11.1 Å². The SMILES string of the molecule is CCCCCC1COC(c2ccc(-c3ccc(C4CCC(C#N)(CCCCC)CC4)cc3)cc2)OC1. The van der Waals surface area contributed by atoms with Crippen molar-refractivity contribution in [2.45, 2.75) is 103 Å². The summed E-state index contributed by atoms with van der Waals surface area (Å²) in [5.41, 5.74) is 4.92. The van der Waals surface area contributed by atoms with Crippen LogP contribution in [0.2, 0.25) is 0 Å². The predicted octanol–water partition coefficient (Wildman–Crippen LogP) is 9.34. The molecule has 1 saturated carbocycles. The summed E-state index contributed by atoms with van der Waals surface area (Å²) in [6.07, 6.45) is 13.9. The molecule has 0 spiro atoms. The molecule has 0 atom stereocenters. The lowest BCUT2D eigenvalue weighted by Gasteiger charge is -2.35. The molecule has 3 heteroatoms. The van der Waals surface area contributed by atoms with Gasteiger partial charge in [-0.25, -0.2) is 0 Å². The topological polar surface area (TPSA) is 42.2 Å². The third-order valence-corrected chi connectivity index (χ3v) is 8.52. The molecule has 2 fully saturated rings. The van der Waals surface area contributed by atoms with Crippen molar-refractivity contribution in [1.29, 1.82) is 5.26 Å². The van der Waals surface area contributed by atoms with Gasteiger partial charge in [-0.05, 0) is 61.1 Å². The molecule has 4 rings (SSSR count). The smallest absolute Gasteiger partial charge is 0.183 e. The molecule has 2 aromatic rings. The van der Waals surface area contributed by atoms with Gasteiger partial charge in [0.05, 0.1) is 24.7 Å². The maximum Gasteiger partial charge on any atom is 0.183 e. The van der Waals surface area contributed by atoms with Crippen LogP contribution in [0, 0.1) is 22.7 Å². The van der Waals surface area contributed by atoms with E-state index in [0.29, 0.717) is 11.8 Å². The van der Waals surface area contributed by atoms with E-state index in [1.54, 1.807) is 0 Å². The lowest BCUT2D eigenvalue weighted by molar-refractivity contribution is -0.206. The Morgan fingerprint density at radius 2 is 1.33 bits per heavy atom. The summed E-state index contributed by atoms with van der Waals surface area (Å²) in [6.45, 7) is 6.08. The van der Waals surface area contributed by atoms with Gasteiger partial charge in [0.15, 0.2) is 6.29 Å². The second-order valence-corrected chi connectivity index (χ2v) is 11.2. The van der Waals surface area contributed by atoms with E-state index >= 15 is 0 Å². The molecule has 194 valence electrons. The largest absolute Gasteiger partial charge is 0.348 e. The second-order valence-electron chi connectivity index (χ2n) is 11.2. The molecule has 0 aromatic heterocycles. The number of rotatable bonds is 11. The Morgan fingerprint density at radius 3 is 1.89 bits per heavy atom. The van der Waals surface area contributed by atoms with Crippen LogP contribution in [0.3, 0.4) is 0 Å². The van der Waals surface area contributed by atoms with Gasteiger partial charge in [-0.1, -0.05) is 101 Å². The predicted molar refractivity (Wildman–Crippen MR) is 148 cm³/mol. The van der Waals surface area contributed by atoms with Gasteiger partial charge in [0.1, 0.15) is 0 Å². The Balaban J connectivity index is 1.28. The van der Waals surface area contributed by atoms with Crippen LogP contribution in [0.4, 0.5) is 0 Å². The van der Waals surface area contributed by atoms with Crippen LogP contribution in [0.1, 0.15) is 114 Å². The minimum Gasteiger partial charge on any atom is -0.348 e. The molecule has 36 heavy (non-hydrogen) atoms. The third-order valence-electron chi connectivity index (χ3n) is 8.52. The Bertz CT molecular complexity index is 943. The molecule has 0 amide bonds. The third kappa shape index (κ3) is 6.99. The number of ether oxygens (including phenoxy) is 2. The molecule has 0 N–H and O–H groups in total. The Kier molecular flexibility index (Phi) is 10.0. The van der Waals surface area contributed by atoms with E-state index in [9.17, 15) is 5.26 Å². The van der Waals surface area contributed by atoms with Gasteiger partial charge >= 0.3 is 0 Å².